The van der Waals surface area contributed by atoms with Gasteiger partial charge in [0.05, 0.1) is 13.3 Å². The molecule has 0 saturated carbocycles. The number of thioether (sulfide) groups is 1. The normalized spacial score (nSPS) is 10.9. The quantitative estimate of drug-likeness (QED) is 0.709. The van der Waals surface area contributed by atoms with Crippen LogP contribution in [0.5, 0.6) is 5.75 Å². The number of methoxy groups -OCH3 is 1. The average molecular weight is 289 g/mol. The molecule has 0 aliphatic heterocycles. The first kappa shape index (κ1) is 12.6. The second kappa shape index (κ2) is 4.93. The highest BCUT2D eigenvalue weighted by Gasteiger charge is 2.12. The van der Waals surface area contributed by atoms with Gasteiger partial charge in [-0.15, -0.1) is 5.10 Å². The molecule has 3 aromatic rings. The average Bonchev–Trinajstić information content (AvgIpc) is 2.92. The first-order valence-electron chi connectivity index (χ1n) is 5.66. The summed E-state index contributed by atoms with van der Waals surface area (Å²) in [4.78, 5) is 16.9. The number of hydrogen-bond acceptors (Lipinski definition) is 8. The molecule has 0 atom stereocenters. The molecule has 0 spiro atoms. The van der Waals surface area contributed by atoms with Crippen molar-refractivity contribution < 1.29 is 4.74 Å². The predicted molar refractivity (Wildman–Crippen MR) is 74.6 cm³/mol. The van der Waals surface area contributed by atoms with Gasteiger partial charge in [0.25, 0.3) is 5.78 Å². The predicted octanol–water partition coefficient (Wildman–Crippen LogP) is 0.894. The van der Waals surface area contributed by atoms with Crippen molar-refractivity contribution in [2.45, 2.75) is 5.16 Å². The zero-order valence-electron chi connectivity index (χ0n) is 10.8. The number of anilines is 1. The Morgan fingerprint density at radius 3 is 2.75 bits per heavy atom. The molecule has 0 aliphatic rings. The number of nitrogens with two attached hydrogens (primary N) is 1. The second-order valence-electron chi connectivity index (χ2n) is 3.80. The van der Waals surface area contributed by atoms with E-state index in [9.17, 15) is 0 Å². The van der Waals surface area contributed by atoms with Crippen LogP contribution >= 0.6 is 11.8 Å². The molecule has 0 unspecified atom stereocenters. The van der Waals surface area contributed by atoms with Gasteiger partial charge in [0, 0.05) is 0 Å². The third kappa shape index (κ3) is 2.11. The largest absolute Gasteiger partial charge is 0.495 e. The number of hydrogen-bond donors (Lipinski definition) is 1. The van der Waals surface area contributed by atoms with Crippen molar-refractivity contribution in [3.05, 3.63) is 18.3 Å². The van der Waals surface area contributed by atoms with E-state index in [0.717, 1.165) is 0 Å². The monoisotopic (exact) mass is 289 g/mol. The van der Waals surface area contributed by atoms with Gasteiger partial charge in [0.2, 0.25) is 11.8 Å². The van der Waals surface area contributed by atoms with Crippen molar-refractivity contribution in [1.82, 2.24) is 29.5 Å². The van der Waals surface area contributed by atoms with Crippen LogP contribution in [0.3, 0.4) is 0 Å². The van der Waals surface area contributed by atoms with Crippen LogP contribution in [-0.4, -0.2) is 42.9 Å². The Kier molecular flexibility index (Phi) is 3.11. The van der Waals surface area contributed by atoms with Gasteiger partial charge in [-0.1, -0.05) is 11.8 Å². The molecule has 8 nitrogen and oxygen atoms in total. The van der Waals surface area contributed by atoms with E-state index < -0.39 is 0 Å². The number of nitrogens with zero attached hydrogens (tertiary/aromatic N) is 6. The fourth-order valence-corrected chi connectivity index (χ4v) is 1.98. The Hall–Kier alpha value is -2.42. The van der Waals surface area contributed by atoms with Crippen LogP contribution in [0.2, 0.25) is 0 Å². The summed E-state index contributed by atoms with van der Waals surface area (Å²) in [6.07, 6.45) is 3.47. The lowest BCUT2D eigenvalue weighted by molar-refractivity contribution is 0.413. The number of pyridine rings is 1. The van der Waals surface area contributed by atoms with Crippen LogP contribution in [-0.2, 0) is 0 Å². The van der Waals surface area contributed by atoms with Crippen molar-refractivity contribution in [2.24, 2.45) is 0 Å². The summed E-state index contributed by atoms with van der Waals surface area (Å²) in [5.74, 6) is 1.74. The van der Waals surface area contributed by atoms with Crippen LogP contribution in [0.4, 0.5) is 5.95 Å². The molecule has 2 N–H and O–H groups in total. The first-order valence-corrected chi connectivity index (χ1v) is 6.88. The maximum Gasteiger partial charge on any atom is 0.258 e. The van der Waals surface area contributed by atoms with Crippen LogP contribution in [0.15, 0.2) is 23.5 Å². The third-order valence-corrected chi connectivity index (χ3v) is 3.14. The third-order valence-electron chi connectivity index (χ3n) is 2.60. The summed E-state index contributed by atoms with van der Waals surface area (Å²) in [7, 11) is 1.58. The molecule has 3 rings (SSSR count). The number of nitrogen functional groups attached to an aromatic ring is 1. The van der Waals surface area contributed by atoms with Crippen LogP contribution < -0.4 is 10.5 Å². The lowest BCUT2D eigenvalue weighted by atomic mass is 10.3. The van der Waals surface area contributed by atoms with Crippen molar-refractivity contribution in [1.29, 1.82) is 0 Å². The molecule has 0 saturated heterocycles. The lowest BCUT2D eigenvalue weighted by Gasteiger charge is -1.98. The van der Waals surface area contributed by atoms with E-state index in [0.29, 0.717) is 28.2 Å². The zero-order chi connectivity index (χ0) is 14.1. The van der Waals surface area contributed by atoms with Gasteiger partial charge < -0.3 is 10.5 Å². The van der Waals surface area contributed by atoms with Gasteiger partial charge >= 0.3 is 0 Å². The minimum absolute atomic E-state index is 0.242. The summed E-state index contributed by atoms with van der Waals surface area (Å²) >= 11 is 1.39. The second-order valence-corrected chi connectivity index (χ2v) is 4.57. The fraction of sp³-hybridized carbons (Fsp3) is 0.182. The Bertz CT molecular complexity index is 755. The topological polar surface area (TPSA) is 104 Å². The molecule has 0 aliphatic carbocycles. The molecular weight excluding hydrogens is 278 g/mol. The zero-order valence-corrected chi connectivity index (χ0v) is 11.6. The highest BCUT2D eigenvalue weighted by molar-refractivity contribution is 7.98. The van der Waals surface area contributed by atoms with Gasteiger partial charge in [-0.2, -0.15) is 19.5 Å². The molecule has 3 aromatic heterocycles. The van der Waals surface area contributed by atoms with E-state index in [1.807, 2.05) is 6.26 Å². The minimum atomic E-state index is 0.242. The number of aromatic nitrogens is 6. The van der Waals surface area contributed by atoms with Gasteiger partial charge in [-0.3, -0.25) is 0 Å². The molecular formula is C11H11N7OS. The van der Waals surface area contributed by atoms with Crippen LogP contribution in [0.25, 0.3) is 17.3 Å². The maximum atomic E-state index is 5.83. The SMILES string of the molecule is COc1ccc(-c2nc3nc(SC)nc(N)n3n2)nc1. The van der Waals surface area contributed by atoms with E-state index in [-0.39, 0.29) is 5.95 Å². The number of rotatable bonds is 3. The standard InChI is InChI=1S/C11H11N7OS/c1-19-6-3-4-7(13-5-6)8-14-10-16-11(20-2)15-9(12)18(10)17-8/h3-5H,1-2H3,(H2,12,14,15,16,17). The van der Waals surface area contributed by atoms with Gasteiger partial charge in [-0.05, 0) is 18.4 Å². The molecule has 0 bridgehead atoms. The maximum absolute atomic E-state index is 5.83. The molecule has 0 aromatic carbocycles. The summed E-state index contributed by atoms with van der Waals surface area (Å²) < 4.78 is 6.45. The number of ether oxygens (including phenoxy) is 1. The summed E-state index contributed by atoms with van der Waals surface area (Å²) in [6.45, 7) is 0. The highest BCUT2D eigenvalue weighted by Crippen LogP contribution is 2.18. The van der Waals surface area contributed by atoms with E-state index in [1.54, 1.807) is 25.4 Å². The summed E-state index contributed by atoms with van der Waals surface area (Å²) in [6, 6.07) is 3.56. The highest BCUT2D eigenvalue weighted by atomic mass is 32.2. The van der Waals surface area contributed by atoms with Crippen molar-refractivity contribution in [2.75, 3.05) is 19.1 Å². The van der Waals surface area contributed by atoms with E-state index in [2.05, 4.69) is 25.0 Å². The molecule has 3 heterocycles. The Morgan fingerprint density at radius 1 is 1.25 bits per heavy atom. The van der Waals surface area contributed by atoms with Crippen molar-refractivity contribution >= 4 is 23.5 Å². The van der Waals surface area contributed by atoms with Gasteiger partial charge in [0.1, 0.15) is 11.4 Å². The fourth-order valence-electron chi connectivity index (χ4n) is 1.62. The smallest absolute Gasteiger partial charge is 0.258 e. The van der Waals surface area contributed by atoms with E-state index >= 15 is 0 Å². The van der Waals surface area contributed by atoms with Crippen LogP contribution in [0.1, 0.15) is 0 Å². The van der Waals surface area contributed by atoms with Gasteiger partial charge in [0.15, 0.2) is 5.16 Å². The molecule has 0 fully saturated rings. The van der Waals surface area contributed by atoms with Crippen molar-refractivity contribution in [3.8, 4) is 17.3 Å². The van der Waals surface area contributed by atoms with Gasteiger partial charge in [-0.25, -0.2) is 4.98 Å². The lowest BCUT2D eigenvalue weighted by Crippen LogP contribution is -2.04. The number of fused-ring (bicyclic) bond motifs is 1. The Labute approximate surface area is 118 Å². The first-order chi connectivity index (χ1) is 9.71. The molecule has 0 amide bonds. The van der Waals surface area contributed by atoms with Crippen LogP contribution in [0, 0.1) is 0 Å². The summed E-state index contributed by atoms with van der Waals surface area (Å²) in [5.41, 5.74) is 6.44. The molecule has 20 heavy (non-hydrogen) atoms. The Morgan fingerprint density at radius 2 is 2.10 bits per heavy atom. The molecule has 9 heteroatoms. The molecule has 102 valence electrons. The minimum Gasteiger partial charge on any atom is -0.495 e. The van der Waals surface area contributed by atoms with Crippen molar-refractivity contribution in [3.63, 3.8) is 0 Å². The van der Waals surface area contributed by atoms with E-state index in [4.69, 9.17) is 10.5 Å². The van der Waals surface area contributed by atoms with E-state index in [1.165, 1.54) is 16.3 Å². The molecule has 0 radical (unpaired) electrons. The summed E-state index contributed by atoms with van der Waals surface area (Å²) in [5, 5.41) is 4.81. The Balaban J connectivity index is 2.09.